The molecule has 2 aliphatic heterocycles. The molecule has 174 valence electrons. The number of aromatic nitrogens is 3. The average molecular weight is 467 g/mol. The van der Waals surface area contributed by atoms with Crippen LogP contribution in [-0.4, -0.2) is 49.7 Å². The van der Waals surface area contributed by atoms with Crippen LogP contribution >= 0.6 is 11.3 Å². The van der Waals surface area contributed by atoms with Gasteiger partial charge in [-0.3, -0.25) is 0 Å². The molecule has 4 heterocycles. The molecule has 8 nitrogen and oxygen atoms in total. The van der Waals surface area contributed by atoms with Crippen molar-refractivity contribution in [1.82, 2.24) is 19.9 Å². The Bertz CT molecular complexity index is 1160. The van der Waals surface area contributed by atoms with E-state index in [0.29, 0.717) is 5.95 Å². The number of para-hydroxylation sites is 1. The van der Waals surface area contributed by atoms with Crippen molar-refractivity contribution in [2.45, 2.75) is 77.1 Å². The number of aryl methyl sites for hydroxylation is 1. The molecular formula is C24H30N6O2S. The van der Waals surface area contributed by atoms with Crippen molar-refractivity contribution in [2.24, 2.45) is 0 Å². The number of hydrogen-bond acceptors (Lipinski definition) is 8. The number of nitrogens with one attached hydrogen (secondary N) is 2. The summed E-state index contributed by atoms with van der Waals surface area (Å²) in [7, 11) is 0. The summed E-state index contributed by atoms with van der Waals surface area (Å²) in [6.07, 6.45) is 5.40. The van der Waals surface area contributed by atoms with Crippen molar-refractivity contribution in [1.29, 1.82) is 0 Å². The first-order chi connectivity index (χ1) is 15.7. The number of fused-ring (bicyclic) bond motifs is 3. The summed E-state index contributed by atoms with van der Waals surface area (Å²) in [6, 6.07) is 8.56. The summed E-state index contributed by atoms with van der Waals surface area (Å²) in [4.78, 5) is 29.8. The molecule has 2 saturated heterocycles. The van der Waals surface area contributed by atoms with Gasteiger partial charge in [0.1, 0.15) is 11.4 Å². The molecule has 5 rings (SSSR count). The van der Waals surface area contributed by atoms with E-state index in [1.54, 1.807) is 11.3 Å². The minimum atomic E-state index is -0.482. The van der Waals surface area contributed by atoms with Crippen LogP contribution in [0.1, 0.15) is 51.3 Å². The van der Waals surface area contributed by atoms with Crippen molar-refractivity contribution in [3.8, 4) is 0 Å². The van der Waals surface area contributed by atoms with Gasteiger partial charge >= 0.3 is 6.09 Å². The maximum atomic E-state index is 12.8. The molecule has 2 fully saturated rings. The number of carbonyl (C=O) groups excluding carboxylic acids is 1. The van der Waals surface area contributed by atoms with Gasteiger partial charge in [-0.15, -0.1) is 11.3 Å². The van der Waals surface area contributed by atoms with E-state index in [-0.39, 0.29) is 24.2 Å². The van der Waals surface area contributed by atoms with Crippen molar-refractivity contribution >= 4 is 45.2 Å². The molecule has 1 amide bonds. The van der Waals surface area contributed by atoms with Gasteiger partial charge in [0.2, 0.25) is 5.95 Å². The van der Waals surface area contributed by atoms with E-state index in [1.807, 2.05) is 63.1 Å². The topological polar surface area (TPSA) is 92.3 Å². The number of amides is 1. The molecule has 1 unspecified atom stereocenters. The van der Waals surface area contributed by atoms with Crippen LogP contribution in [0.2, 0.25) is 0 Å². The molecule has 3 atom stereocenters. The number of rotatable bonds is 4. The van der Waals surface area contributed by atoms with Crippen LogP contribution in [0.4, 0.5) is 21.7 Å². The third kappa shape index (κ3) is 4.73. The van der Waals surface area contributed by atoms with Crippen LogP contribution in [0, 0.1) is 6.92 Å². The fraction of sp³-hybridized carbons (Fsp3) is 0.500. The number of benzene rings is 1. The monoisotopic (exact) mass is 466 g/mol. The summed E-state index contributed by atoms with van der Waals surface area (Å²) >= 11 is 1.60. The van der Waals surface area contributed by atoms with Crippen LogP contribution in [0.3, 0.4) is 0 Å². The largest absolute Gasteiger partial charge is 0.444 e. The summed E-state index contributed by atoms with van der Waals surface area (Å²) < 4.78 is 5.66. The number of thiazole rings is 1. The van der Waals surface area contributed by atoms with Crippen molar-refractivity contribution in [3.63, 3.8) is 0 Å². The molecule has 33 heavy (non-hydrogen) atoms. The lowest BCUT2D eigenvalue weighted by molar-refractivity contribution is 0.00682. The zero-order valence-corrected chi connectivity index (χ0v) is 20.3. The second-order valence-corrected chi connectivity index (χ2v) is 11.1. The van der Waals surface area contributed by atoms with E-state index >= 15 is 0 Å². The molecule has 2 aliphatic rings. The Balaban J connectivity index is 1.34. The Morgan fingerprint density at radius 2 is 1.88 bits per heavy atom. The quantitative estimate of drug-likeness (QED) is 0.526. The number of carbonyl (C=O) groups is 1. The smallest absolute Gasteiger partial charge is 0.410 e. The van der Waals surface area contributed by atoms with Gasteiger partial charge in [0.15, 0.2) is 5.13 Å². The molecule has 9 heteroatoms. The molecule has 3 aromatic rings. The fourth-order valence-corrected chi connectivity index (χ4v) is 5.50. The Kier molecular flexibility index (Phi) is 5.60. The van der Waals surface area contributed by atoms with Crippen LogP contribution in [0.15, 0.2) is 30.5 Å². The van der Waals surface area contributed by atoms with E-state index in [0.717, 1.165) is 52.4 Å². The second kappa shape index (κ2) is 8.44. The van der Waals surface area contributed by atoms with Gasteiger partial charge in [0, 0.05) is 34.6 Å². The summed E-state index contributed by atoms with van der Waals surface area (Å²) in [5.74, 6) is 1.34. The fourth-order valence-electron chi connectivity index (χ4n) is 4.84. The third-order valence-electron chi connectivity index (χ3n) is 6.12. The maximum Gasteiger partial charge on any atom is 0.410 e. The van der Waals surface area contributed by atoms with Crippen molar-refractivity contribution in [2.75, 3.05) is 10.6 Å². The normalized spacial score (nSPS) is 22.4. The van der Waals surface area contributed by atoms with Crippen LogP contribution in [-0.2, 0) is 4.74 Å². The first-order valence-electron chi connectivity index (χ1n) is 11.5. The predicted octanol–water partition coefficient (Wildman–Crippen LogP) is 5.48. The number of hydrogen-bond donors (Lipinski definition) is 2. The minimum Gasteiger partial charge on any atom is -0.444 e. The lowest BCUT2D eigenvalue weighted by Crippen LogP contribution is -2.51. The van der Waals surface area contributed by atoms with Crippen LogP contribution < -0.4 is 10.6 Å². The number of nitrogens with zero attached hydrogens (tertiary/aromatic N) is 4. The lowest BCUT2D eigenvalue weighted by Gasteiger charge is -2.39. The van der Waals surface area contributed by atoms with Gasteiger partial charge in [-0.2, -0.15) is 4.98 Å². The molecular weight excluding hydrogens is 436 g/mol. The highest BCUT2D eigenvalue weighted by molar-refractivity contribution is 7.15. The molecule has 1 aromatic carbocycles. The van der Waals surface area contributed by atoms with Gasteiger partial charge in [-0.05, 0) is 65.5 Å². The summed E-state index contributed by atoms with van der Waals surface area (Å²) in [5.41, 5.74) is 0.393. The van der Waals surface area contributed by atoms with Crippen molar-refractivity contribution in [3.05, 3.63) is 35.3 Å². The highest BCUT2D eigenvalue weighted by Gasteiger charge is 2.45. The highest BCUT2D eigenvalue weighted by Crippen LogP contribution is 2.38. The Hall–Kier alpha value is -2.94. The van der Waals surface area contributed by atoms with E-state index in [4.69, 9.17) is 14.7 Å². The minimum absolute atomic E-state index is 0.187. The van der Waals surface area contributed by atoms with Gasteiger partial charge in [-0.1, -0.05) is 12.1 Å². The number of anilines is 3. The SMILES string of the molecule is Cc1cnc(Nc2nc(NC3C[C@H]4CC[C@@H](C3)N4C(=O)OC(C)(C)C)nc3ccccc23)s1. The van der Waals surface area contributed by atoms with Crippen LogP contribution in [0.5, 0.6) is 0 Å². The molecule has 0 radical (unpaired) electrons. The zero-order valence-electron chi connectivity index (χ0n) is 19.5. The number of piperidine rings is 1. The van der Waals surface area contributed by atoms with E-state index < -0.39 is 5.60 Å². The lowest BCUT2D eigenvalue weighted by atomic mass is 9.98. The standard InChI is InChI=1S/C24H30N6O2S/c1-14-13-25-22(33-14)29-20-18-7-5-6-8-19(18)27-21(28-20)26-15-11-16-9-10-17(12-15)30(16)23(31)32-24(2,3)4/h5-8,13,15-17H,9-12H2,1-4H3,(H2,25,26,27,28,29)/t15?,16-,17+. The predicted molar refractivity (Wildman–Crippen MR) is 131 cm³/mol. The van der Waals surface area contributed by atoms with E-state index in [1.165, 1.54) is 0 Å². The van der Waals surface area contributed by atoms with Gasteiger partial charge < -0.3 is 20.3 Å². The van der Waals surface area contributed by atoms with Gasteiger partial charge in [0.25, 0.3) is 0 Å². The van der Waals surface area contributed by atoms with E-state index in [2.05, 4.69) is 15.6 Å². The molecule has 0 spiro atoms. The first-order valence-corrected chi connectivity index (χ1v) is 12.3. The van der Waals surface area contributed by atoms with Gasteiger partial charge in [-0.25, -0.2) is 14.8 Å². The van der Waals surface area contributed by atoms with Gasteiger partial charge in [0.05, 0.1) is 5.52 Å². The Morgan fingerprint density at radius 3 is 2.55 bits per heavy atom. The molecule has 2 aromatic heterocycles. The van der Waals surface area contributed by atoms with E-state index in [9.17, 15) is 4.79 Å². The Labute approximate surface area is 197 Å². The first kappa shape index (κ1) is 21.9. The summed E-state index contributed by atoms with van der Waals surface area (Å²) in [6.45, 7) is 7.77. The maximum absolute atomic E-state index is 12.8. The molecule has 0 aliphatic carbocycles. The molecule has 0 saturated carbocycles. The molecule has 2 N–H and O–H groups in total. The average Bonchev–Trinajstić information content (AvgIpc) is 3.27. The molecule has 2 bridgehead atoms. The van der Waals surface area contributed by atoms with Crippen LogP contribution in [0.25, 0.3) is 10.9 Å². The number of ether oxygens (including phenoxy) is 1. The second-order valence-electron chi connectivity index (χ2n) is 9.90. The zero-order chi connectivity index (χ0) is 23.2. The third-order valence-corrected chi connectivity index (χ3v) is 6.95. The Morgan fingerprint density at radius 1 is 1.15 bits per heavy atom. The van der Waals surface area contributed by atoms with Crippen molar-refractivity contribution < 1.29 is 9.53 Å². The highest BCUT2D eigenvalue weighted by atomic mass is 32.1. The summed E-state index contributed by atoms with van der Waals surface area (Å²) in [5, 5.41) is 8.69.